The lowest BCUT2D eigenvalue weighted by Crippen LogP contribution is -2.35. The molecule has 0 aliphatic heterocycles. The van der Waals surface area contributed by atoms with E-state index in [0.717, 1.165) is 16.7 Å². The molecule has 2 heteroatoms. The molecule has 1 unspecified atom stereocenters. The Morgan fingerprint density at radius 2 is 1.59 bits per heavy atom. The van der Waals surface area contributed by atoms with E-state index in [1.165, 1.54) is 0 Å². The molecule has 0 heterocycles. The molecule has 3 N–H and O–H groups in total. The zero-order chi connectivity index (χ0) is 12.3. The van der Waals surface area contributed by atoms with E-state index in [9.17, 15) is 5.11 Å². The lowest BCUT2D eigenvalue weighted by Gasteiger charge is -2.24. The molecule has 0 saturated heterocycles. The van der Waals surface area contributed by atoms with Crippen LogP contribution < -0.4 is 5.73 Å². The van der Waals surface area contributed by atoms with E-state index in [4.69, 9.17) is 5.73 Å². The zero-order valence-corrected chi connectivity index (χ0v) is 9.93. The SMILES string of the molecule is CCC(N)(O)c1ccccc1-c1ccccc1. The first-order valence-electron chi connectivity index (χ1n) is 5.81. The number of rotatable bonds is 3. The van der Waals surface area contributed by atoms with Crippen molar-refractivity contribution in [3.8, 4) is 11.1 Å². The van der Waals surface area contributed by atoms with Gasteiger partial charge in [0.15, 0.2) is 0 Å². The minimum absolute atomic E-state index is 0.483. The van der Waals surface area contributed by atoms with Crippen molar-refractivity contribution in [1.82, 2.24) is 0 Å². The Bertz CT molecular complexity index is 491. The van der Waals surface area contributed by atoms with Gasteiger partial charge in [0, 0.05) is 5.56 Å². The molecule has 2 aromatic carbocycles. The topological polar surface area (TPSA) is 46.2 Å². The molecule has 2 nitrogen and oxygen atoms in total. The zero-order valence-electron chi connectivity index (χ0n) is 9.93. The summed E-state index contributed by atoms with van der Waals surface area (Å²) >= 11 is 0. The monoisotopic (exact) mass is 227 g/mol. The summed E-state index contributed by atoms with van der Waals surface area (Å²) in [5, 5.41) is 10.2. The Kier molecular flexibility index (Phi) is 3.27. The smallest absolute Gasteiger partial charge is 0.139 e. The molecule has 0 radical (unpaired) electrons. The molecular formula is C15H17NO. The molecule has 88 valence electrons. The Morgan fingerprint density at radius 1 is 1.00 bits per heavy atom. The van der Waals surface area contributed by atoms with Crippen LogP contribution in [0.3, 0.4) is 0 Å². The standard InChI is InChI=1S/C15H17NO/c1-2-15(16,17)14-11-7-6-10-13(14)12-8-4-3-5-9-12/h3-11,17H,2,16H2,1H3. The van der Waals surface area contributed by atoms with Crippen LogP contribution in [-0.4, -0.2) is 5.11 Å². The first-order valence-corrected chi connectivity index (χ1v) is 5.81. The van der Waals surface area contributed by atoms with E-state index in [1.54, 1.807) is 0 Å². The Morgan fingerprint density at radius 3 is 2.24 bits per heavy atom. The van der Waals surface area contributed by atoms with Crippen molar-refractivity contribution in [2.24, 2.45) is 5.73 Å². The normalized spacial score (nSPS) is 14.3. The summed E-state index contributed by atoms with van der Waals surface area (Å²) in [6.07, 6.45) is 0.483. The molecule has 0 spiro atoms. The summed E-state index contributed by atoms with van der Waals surface area (Å²) in [6.45, 7) is 1.88. The Hall–Kier alpha value is -1.64. The van der Waals surface area contributed by atoms with Gasteiger partial charge in [0.05, 0.1) is 0 Å². The van der Waals surface area contributed by atoms with Crippen molar-refractivity contribution in [2.45, 2.75) is 19.1 Å². The maximum absolute atomic E-state index is 10.2. The fourth-order valence-corrected chi connectivity index (χ4v) is 1.92. The predicted octanol–water partition coefficient (Wildman–Crippen LogP) is 2.87. The summed E-state index contributed by atoms with van der Waals surface area (Å²) in [5.41, 5.74) is 7.49. The van der Waals surface area contributed by atoms with Gasteiger partial charge in [0.1, 0.15) is 5.72 Å². The van der Waals surface area contributed by atoms with Crippen molar-refractivity contribution in [1.29, 1.82) is 0 Å². The predicted molar refractivity (Wildman–Crippen MR) is 70.3 cm³/mol. The molecule has 0 saturated carbocycles. The number of hydrogen-bond donors (Lipinski definition) is 2. The summed E-state index contributed by atoms with van der Waals surface area (Å²) in [7, 11) is 0. The summed E-state index contributed by atoms with van der Waals surface area (Å²) in [4.78, 5) is 0. The second kappa shape index (κ2) is 4.70. The van der Waals surface area contributed by atoms with Gasteiger partial charge in [-0.05, 0) is 17.5 Å². The molecule has 0 aliphatic rings. The van der Waals surface area contributed by atoms with Crippen LogP contribution in [0, 0.1) is 0 Å². The summed E-state index contributed by atoms with van der Waals surface area (Å²) < 4.78 is 0. The van der Waals surface area contributed by atoms with E-state index >= 15 is 0 Å². The second-order valence-corrected chi connectivity index (χ2v) is 4.19. The first-order chi connectivity index (χ1) is 8.15. The number of nitrogens with two attached hydrogens (primary N) is 1. The average Bonchev–Trinajstić information content (AvgIpc) is 2.40. The highest BCUT2D eigenvalue weighted by molar-refractivity contribution is 5.68. The van der Waals surface area contributed by atoms with Crippen molar-refractivity contribution in [3.63, 3.8) is 0 Å². The lowest BCUT2D eigenvalue weighted by atomic mass is 9.91. The van der Waals surface area contributed by atoms with Crippen LogP contribution in [-0.2, 0) is 5.72 Å². The third-order valence-electron chi connectivity index (χ3n) is 3.02. The maximum atomic E-state index is 10.2. The molecule has 2 aromatic rings. The summed E-state index contributed by atoms with van der Waals surface area (Å²) in [6, 6.07) is 17.7. The van der Waals surface area contributed by atoms with Crippen LogP contribution in [0.15, 0.2) is 54.6 Å². The van der Waals surface area contributed by atoms with Gasteiger partial charge in [0.25, 0.3) is 0 Å². The Balaban J connectivity index is 2.56. The molecule has 0 aliphatic carbocycles. The van der Waals surface area contributed by atoms with Crippen LogP contribution >= 0.6 is 0 Å². The van der Waals surface area contributed by atoms with Gasteiger partial charge in [-0.15, -0.1) is 0 Å². The van der Waals surface area contributed by atoms with E-state index in [1.807, 2.05) is 61.5 Å². The molecule has 0 fully saturated rings. The molecule has 17 heavy (non-hydrogen) atoms. The van der Waals surface area contributed by atoms with Crippen LogP contribution in [0.4, 0.5) is 0 Å². The van der Waals surface area contributed by atoms with Gasteiger partial charge in [-0.25, -0.2) is 0 Å². The fraction of sp³-hybridized carbons (Fsp3) is 0.200. The van der Waals surface area contributed by atoms with Crippen molar-refractivity contribution in [3.05, 3.63) is 60.2 Å². The van der Waals surface area contributed by atoms with Gasteiger partial charge in [0.2, 0.25) is 0 Å². The fourth-order valence-electron chi connectivity index (χ4n) is 1.92. The highest BCUT2D eigenvalue weighted by Crippen LogP contribution is 2.30. The molecule has 0 amide bonds. The summed E-state index contributed by atoms with van der Waals surface area (Å²) in [5.74, 6) is 0. The molecule has 2 rings (SSSR count). The third-order valence-corrected chi connectivity index (χ3v) is 3.02. The van der Waals surface area contributed by atoms with Crippen molar-refractivity contribution < 1.29 is 5.11 Å². The largest absolute Gasteiger partial charge is 0.372 e. The first kappa shape index (κ1) is 11.8. The maximum Gasteiger partial charge on any atom is 0.139 e. The van der Waals surface area contributed by atoms with Crippen LogP contribution in [0.1, 0.15) is 18.9 Å². The van der Waals surface area contributed by atoms with Gasteiger partial charge >= 0.3 is 0 Å². The minimum atomic E-state index is -1.27. The molecular weight excluding hydrogens is 210 g/mol. The number of aliphatic hydroxyl groups is 1. The number of hydrogen-bond acceptors (Lipinski definition) is 2. The average molecular weight is 227 g/mol. The van der Waals surface area contributed by atoms with Gasteiger partial charge in [-0.1, -0.05) is 61.5 Å². The van der Waals surface area contributed by atoms with Gasteiger partial charge < -0.3 is 5.11 Å². The van der Waals surface area contributed by atoms with Crippen molar-refractivity contribution >= 4 is 0 Å². The van der Waals surface area contributed by atoms with Crippen LogP contribution in [0.2, 0.25) is 0 Å². The van der Waals surface area contributed by atoms with Gasteiger partial charge in [-0.2, -0.15) is 0 Å². The van der Waals surface area contributed by atoms with Gasteiger partial charge in [-0.3, -0.25) is 5.73 Å². The quantitative estimate of drug-likeness (QED) is 0.792. The lowest BCUT2D eigenvalue weighted by molar-refractivity contribution is 0.0400. The van der Waals surface area contributed by atoms with Crippen molar-refractivity contribution in [2.75, 3.05) is 0 Å². The minimum Gasteiger partial charge on any atom is -0.372 e. The second-order valence-electron chi connectivity index (χ2n) is 4.19. The van der Waals surface area contributed by atoms with Crippen LogP contribution in [0.5, 0.6) is 0 Å². The molecule has 0 bridgehead atoms. The van der Waals surface area contributed by atoms with E-state index in [0.29, 0.717) is 6.42 Å². The molecule has 1 atom stereocenters. The van der Waals surface area contributed by atoms with E-state index in [2.05, 4.69) is 0 Å². The third kappa shape index (κ3) is 2.38. The highest BCUT2D eigenvalue weighted by Gasteiger charge is 2.24. The van der Waals surface area contributed by atoms with E-state index in [-0.39, 0.29) is 0 Å². The highest BCUT2D eigenvalue weighted by atomic mass is 16.3. The number of benzene rings is 2. The van der Waals surface area contributed by atoms with E-state index < -0.39 is 5.72 Å². The Labute approximate surface area is 102 Å². The molecule has 0 aromatic heterocycles. The van der Waals surface area contributed by atoms with Crippen LogP contribution in [0.25, 0.3) is 11.1 Å².